The quantitative estimate of drug-likeness (QED) is 0.309. The molecule has 3 amide bonds. The smallest absolute Gasteiger partial charge is 0.416 e. The zero-order valence-electron chi connectivity index (χ0n) is 25.9. The molecule has 1 aliphatic heterocycles. The molecule has 3 aromatic rings. The second-order valence-electron chi connectivity index (χ2n) is 11.8. The number of rotatable bonds is 6. The zero-order chi connectivity index (χ0) is 33.4. The van der Waals surface area contributed by atoms with E-state index in [1.807, 2.05) is 24.3 Å². The topological polar surface area (TPSA) is 97.4 Å². The molecule has 4 rings (SSSR count). The summed E-state index contributed by atoms with van der Waals surface area (Å²) in [4.78, 5) is 42.6. The van der Waals surface area contributed by atoms with Gasteiger partial charge in [0, 0.05) is 17.1 Å². The van der Waals surface area contributed by atoms with Crippen LogP contribution >= 0.6 is 15.9 Å². The normalized spacial score (nSPS) is 17.6. The zero-order valence-corrected chi connectivity index (χ0v) is 27.5. The molecule has 0 fully saturated rings. The molecule has 0 saturated heterocycles. The lowest BCUT2D eigenvalue weighted by molar-refractivity contribution is -0.137. The summed E-state index contributed by atoms with van der Waals surface area (Å²) in [6, 6.07) is 9.55. The van der Waals surface area contributed by atoms with Gasteiger partial charge in [-0.1, -0.05) is 28.1 Å². The number of carbonyl (C=O) groups excluding carboxylic acids is 3. The number of likely N-dealkylation sites (N-methyl/N-ethyl adjacent to an activating group) is 1. The molecule has 0 spiro atoms. The van der Waals surface area contributed by atoms with E-state index in [1.165, 1.54) is 32.9 Å². The number of methoxy groups -OCH3 is 1. The minimum Gasteiger partial charge on any atom is -0.496 e. The van der Waals surface area contributed by atoms with Crippen molar-refractivity contribution in [3.8, 4) is 11.5 Å². The van der Waals surface area contributed by atoms with Crippen LogP contribution in [-0.2, 0) is 27.0 Å². The molecule has 0 unspecified atom stereocenters. The summed E-state index contributed by atoms with van der Waals surface area (Å²) in [5.74, 6) is -0.956. The van der Waals surface area contributed by atoms with Crippen molar-refractivity contribution in [2.45, 2.75) is 71.1 Å². The fourth-order valence-electron chi connectivity index (χ4n) is 4.90. The molecule has 1 aliphatic rings. The molecule has 45 heavy (non-hydrogen) atoms. The average molecular weight is 695 g/mol. The Morgan fingerprint density at radius 1 is 1.11 bits per heavy atom. The van der Waals surface area contributed by atoms with Crippen LogP contribution in [0.25, 0.3) is 10.8 Å². The first-order valence-corrected chi connectivity index (χ1v) is 14.9. The van der Waals surface area contributed by atoms with Gasteiger partial charge >= 0.3 is 12.3 Å². The summed E-state index contributed by atoms with van der Waals surface area (Å²) < 4.78 is 59.4. The van der Waals surface area contributed by atoms with Crippen molar-refractivity contribution in [2.75, 3.05) is 19.1 Å². The van der Waals surface area contributed by atoms with E-state index in [0.29, 0.717) is 16.7 Å². The van der Waals surface area contributed by atoms with Gasteiger partial charge in [0.25, 0.3) is 5.91 Å². The molecule has 9 nitrogen and oxygen atoms in total. The highest BCUT2D eigenvalue weighted by Crippen LogP contribution is 2.41. The molecule has 0 radical (unpaired) electrons. The summed E-state index contributed by atoms with van der Waals surface area (Å²) in [6.45, 7) is 7.86. The van der Waals surface area contributed by atoms with Crippen molar-refractivity contribution in [1.82, 2.24) is 10.2 Å². The monoisotopic (exact) mass is 693 g/mol. The number of hydrogen-bond acceptors (Lipinski definition) is 6. The highest BCUT2D eigenvalue weighted by Gasteiger charge is 2.41. The third-order valence-corrected chi connectivity index (χ3v) is 7.91. The van der Waals surface area contributed by atoms with Crippen LogP contribution in [0.2, 0.25) is 0 Å². The minimum absolute atomic E-state index is 0.0291. The van der Waals surface area contributed by atoms with Gasteiger partial charge in [-0.25, -0.2) is 4.79 Å². The van der Waals surface area contributed by atoms with E-state index in [4.69, 9.17) is 14.2 Å². The van der Waals surface area contributed by atoms with Crippen LogP contribution in [0.4, 0.5) is 23.7 Å². The lowest BCUT2D eigenvalue weighted by Gasteiger charge is -2.31. The van der Waals surface area contributed by atoms with Gasteiger partial charge in [-0.15, -0.1) is 0 Å². The van der Waals surface area contributed by atoms with E-state index in [-0.39, 0.29) is 18.0 Å². The Kier molecular flexibility index (Phi) is 9.62. The third kappa shape index (κ3) is 7.46. The van der Waals surface area contributed by atoms with Crippen LogP contribution in [-0.4, -0.2) is 60.8 Å². The fraction of sp³-hybridized carbons (Fsp3) is 0.406. The Morgan fingerprint density at radius 3 is 2.42 bits per heavy atom. The summed E-state index contributed by atoms with van der Waals surface area (Å²) in [5, 5.41) is 4.18. The highest BCUT2D eigenvalue weighted by molar-refractivity contribution is 9.10. The van der Waals surface area contributed by atoms with E-state index in [9.17, 15) is 27.6 Å². The van der Waals surface area contributed by atoms with E-state index in [1.54, 1.807) is 26.8 Å². The van der Waals surface area contributed by atoms with Gasteiger partial charge in [-0.05, 0) is 81.8 Å². The predicted octanol–water partition coefficient (Wildman–Crippen LogP) is 6.68. The maximum absolute atomic E-state index is 14.3. The fourth-order valence-corrected chi connectivity index (χ4v) is 5.28. The number of nitrogens with zero attached hydrogens (tertiary/aromatic N) is 2. The Labute approximate surface area is 267 Å². The predicted molar refractivity (Wildman–Crippen MR) is 166 cm³/mol. The number of amides is 3. The van der Waals surface area contributed by atoms with Crippen LogP contribution in [0.1, 0.15) is 45.7 Å². The average Bonchev–Trinajstić information content (AvgIpc) is 3.04. The second-order valence-corrected chi connectivity index (χ2v) is 12.7. The number of hydrogen-bond donors (Lipinski definition) is 1. The first-order chi connectivity index (χ1) is 20.9. The van der Waals surface area contributed by atoms with Crippen LogP contribution in [0.5, 0.6) is 11.5 Å². The summed E-state index contributed by atoms with van der Waals surface area (Å²) in [6.07, 6.45) is -6.43. The van der Waals surface area contributed by atoms with Gasteiger partial charge in [0.15, 0.2) is 0 Å². The van der Waals surface area contributed by atoms with Crippen molar-refractivity contribution in [2.24, 2.45) is 0 Å². The van der Waals surface area contributed by atoms with Gasteiger partial charge in [0.1, 0.15) is 35.3 Å². The van der Waals surface area contributed by atoms with E-state index in [2.05, 4.69) is 21.2 Å². The third-order valence-electron chi connectivity index (χ3n) is 7.42. The van der Waals surface area contributed by atoms with Crippen LogP contribution in [0.15, 0.2) is 53.0 Å². The lowest BCUT2D eigenvalue weighted by Crippen LogP contribution is -2.57. The van der Waals surface area contributed by atoms with Crippen molar-refractivity contribution in [1.29, 1.82) is 0 Å². The molecule has 0 aliphatic carbocycles. The highest BCUT2D eigenvalue weighted by atomic mass is 79.9. The Balaban J connectivity index is 1.77. The number of anilines is 1. The van der Waals surface area contributed by atoms with Gasteiger partial charge in [0.05, 0.1) is 24.9 Å². The molecule has 0 aromatic heterocycles. The summed E-state index contributed by atoms with van der Waals surface area (Å²) in [5.41, 5.74) is -1.36. The summed E-state index contributed by atoms with van der Waals surface area (Å²) >= 11 is 3.45. The number of halogens is 4. The molecule has 3 aromatic carbocycles. The van der Waals surface area contributed by atoms with Crippen molar-refractivity contribution >= 4 is 50.3 Å². The summed E-state index contributed by atoms with van der Waals surface area (Å²) in [7, 11) is 2.85. The van der Waals surface area contributed by atoms with E-state index < -0.39 is 53.4 Å². The number of benzene rings is 3. The molecule has 0 bridgehead atoms. The number of alkyl halides is 3. The largest absolute Gasteiger partial charge is 0.496 e. The Morgan fingerprint density at radius 2 is 1.80 bits per heavy atom. The van der Waals surface area contributed by atoms with Crippen LogP contribution in [0.3, 0.4) is 0 Å². The minimum atomic E-state index is -4.69. The number of carbonyl (C=O) groups is 3. The first-order valence-electron chi connectivity index (χ1n) is 14.1. The van der Waals surface area contributed by atoms with Crippen LogP contribution in [0, 0.1) is 0 Å². The lowest BCUT2D eigenvalue weighted by atomic mass is 10.0. The molecular formula is C32H35BrF3N3O6. The van der Waals surface area contributed by atoms with Gasteiger partial charge in [0.2, 0.25) is 5.91 Å². The van der Waals surface area contributed by atoms with Crippen molar-refractivity contribution < 1.29 is 41.8 Å². The molecule has 3 atom stereocenters. The van der Waals surface area contributed by atoms with Crippen LogP contribution < -0.4 is 19.7 Å². The number of ether oxygens (including phenoxy) is 3. The molecule has 13 heteroatoms. The number of fused-ring (bicyclic) bond motifs is 2. The van der Waals surface area contributed by atoms with E-state index in [0.717, 1.165) is 33.0 Å². The Bertz CT molecular complexity index is 1620. The maximum Gasteiger partial charge on any atom is 0.416 e. The molecule has 1 heterocycles. The molecule has 0 saturated carbocycles. The SMILES string of the molecule is COc1ccc2cc(Br)ccc2c1CN1C(=O)[C@@H](NC(=O)[C@H](C)N(C)C(=O)OC(C)(C)C)[C@H](C)Oc2ccc(C(F)(F)F)cc21. The Hall–Kier alpha value is -4.00. The molecular weight excluding hydrogens is 659 g/mol. The van der Waals surface area contributed by atoms with Gasteiger partial charge in [-0.2, -0.15) is 13.2 Å². The van der Waals surface area contributed by atoms with E-state index >= 15 is 0 Å². The van der Waals surface area contributed by atoms with Crippen molar-refractivity contribution in [3.05, 3.63) is 64.1 Å². The molecule has 1 N–H and O–H groups in total. The second kappa shape index (κ2) is 12.8. The van der Waals surface area contributed by atoms with Gasteiger partial charge in [-0.3, -0.25) is 14.5 Å². The standard InChI is InChI=1S/C32H35BrF3N3O6/c1-17(38(6)30(42)45-31(3,4)5)28(40)37-27-18(2)44-26-13-9-20(32(34,35)36)15-24(26)39(29(27)41)16-23-22-11-10-21(33)14-19(22)8-12-25(23)43-7/h8-15,17-18,27H,16H2,1-7H3,(H,37,40)/t17-,18-,27-/m0/s1. The maximum atomic E-state index is 14.3. The first kappa shape index (κ1) is 33.9. The van der Waals surface area contributed by atoms with Gasteiger partial charge < -0.3 is 24.4 Å². The molecule has 242 valence electrons. The van der Waals surface area contributed by atoms with Crippen molar-refractivity contribution in [3.63, 3.8) is 0 Å². The number of nitrogens with one attached hydrogen (secondary N) is 1.